The van der Waals surface area contributed by atoms with Crippen LogP contribution in [0, 0.1) is 5.82 Å². The fourth-order valence-corrected chi connectivity index (χ4v) is 5.44. The van der Waals surface area contributed by atoms with E-state index in [1.807, 2.05) is 19.1 Å². The van der Waals surface area contributed by atoms with Crippen molar-refractivity contribution in [2.45, 2.75) is 18.2 Å². The Morgan fingerprint density at radius 2 is 1.81 bits per heavy atom. The Balaban J connectivity index is 1.51. The molecular weight excluding hydrogens is 455 g/mol. The summed E-state index contributed by atoms with van der Waals surface area (Å²) >= 11 is 6.09. The van der Waals surface area contributed by atoms with Crippen LogP contribution in [0.15, 0.2) is 59.6 Å². The molecule has 10 heteroatoms. The van der Waals surface area contributed by atoms with Crippen LogP contribution in [0.3, 0.4) is 0 Å². The first-order valence-electron chi connectivity index (χ1n) is 10.2. The molecule has 0 bridgehead atoms. The van der Waals surface area contributed by atoms with Crippen LogP contribution in [0.25, 0.3) is 5.69 Å². The van der Waals surface area contributed by atoms with Gasteiger partial charge in [-0.15, -0.1) is 0 Å². The molecule has 0 atom stereocenters. The third-order valence-electron chi connectivity index (χ3n) is 5.45. The molecule has 7 nitrogen and oxygen atoms in total. The molecule has 4 rings (SSSR count). The van der Waals surface area contributed by atoms with Gasteiger partial charge in [-0.1, -0.05) is 30.7 Å². The summed E-state index contributed by atoms with van der Waals surface area (Å²) in [6.45, 7) is 2.68. The van der Waals surface area contributed by atoms with Crippen LogP contribution < -0.4 is 0 Å². The molecule has 32 heavy (non-hydrogen) atoms. The van der Waals surface area contributed by atoms with Gasteiger partial charge in [-0.2, -0.15) is 9.40 Å². The number of sulfonamides is 1. The van der Waals surface area contributed by atoms with Gasteiger partial charge in [0.1, 0.15) is 5.82 Å². The van der Waals surface area contributed by atoms with Crippen molar-refractivity contribution >= 4 is 27.5 Å². The van der Waals surface area contributed by atoms with Gasteiger partial charge < -0.3 is 4.90 Å². The van der Waals surface area contributed by atoms with Gasteiger partial charge in [0.05, 0.1) is 28.0 Å². The van der Waals surface area contributed by atoms with Crippen LogP contribution in [0.4, 0.5) is 4.39 Å². The molecule has 0 spiro atoms. The number of aromatic nitrogens is 2. The fourth-order valence-electron chi connectivity index (χ4n) is 3.80. The minimum atomic E-state index is -3.82. The molecule has 1 amide bonds. The van der Waals surface area contributed by atoms with Gasteiger partial charge in [-0.25, -0.2) is 17.5 Å². The highest BCUT2D eigenvalue weighted by Gasteiger charge is 2.32. The SMILES string of the molecule is CCc1c(C(=O)N2CCN(S(=O)(=O)c3cccc(F)c3)CC2)cnn1-c1cccc(Cl)c1. The van der Waals surface area contributed by atoms with Crippen LogP contribution in [0.5, 0.6) is 0 Å². The lowest BCUT2D eigenvalue weighted by Crippen LogP contribution is -2.50. The number of halogens is 2. The van der Waals surface area contributed by atoms with Crippen molar-refractivity contribution in [1.29, 1.82) is 0 Å². The molecule has 168 valence electrons. The number of nitrogens with zero attached hydrogens (tertiary/aromatic N) is 4. The third-order valence-corrected chi connectivity index (χ3v) is 7.58. The van der Waals surface area contributed by atoms with Crippen molar-refractivity contribution < 1.29 is 17.6 Å². The zero-order chi connectivity index (χ0) is 22.9. The predicted octanol–water partition coefficient (Wildman–Crippen LogP) is 3.37. The van der Waals surface area contributed by atoms with E-state index in [4.69, 9.17) is 11.6 Å². The Kier molecular flexibility index (Phi) is 6.32. The van der Waals surface area contributed by atoms with E-state index in [0.29, 0.717) is 17.0 Å². The molecule has 3 aromatic rings. The maximum absolute atomic E-state index is 13.5. The number of rotatable bonds is 5. The van der Waals surface area contributed by atoms with Crippen LogP contribution >= 0.6 is 11.6 Å². The summed E-state index contributed by atoms with van der Waals surface area (Å²) in [6, 6.07) is 12.2. The molecule has 1 fully saturated rings. The summed E-state index contributed by atoms with van der Waals surface area (Å²) < 4.78 is 42.1. The van der Waals surface area contributed by atoms with E-state index < -0.39 is 15.8 Å². The largest absolute Gasteiger partial charge is 0.336 e. The van der Waals surface area contributed by atoms with Gasteiger partial charge in [0.25, 0.3) is 5.91 Å². The molecule has 1 saturated heterocycles. The van der Waals surface area contributed by atoms with Crippen molar-refractivity contribution in [1.82, 2.24) is 19.0 Å². The molecule has 0 saturated carbocycles. The maximum atomic E-state index is 13.5. The molecule has 1 aliphatic heterocycles. The molecule has 2 aromatic carbocycles. The van der Waals surface area contributed by atoms with Crippen LogP contribution in [-0.4, -0.2) is 59.5 Å². The summed E-state index contributed by atoms with van der Waals surface area (Å²) in [5.41, 5.74) is 2.00. The average molecular weight is 477 g/mol. The number of piperazine rings is 1. The van der Waals surface area contributed by atoms with Crippen LogP contribution in [0.1, 0.15) is 23.0 Å². The second-order valence-corrected chi connectivity index (χ2v) is 9.78. The highest BCUT2D eigenvalue weighted by atomic mass is 35.5. The summed E-state index contributed by atoms with van der Waals surface area (Å²) in [4.78, 5) is 14.7. The lowest BCUT2D eigenvalue weighted by molar-refractivity contribution is 0.0696. The van der Waals surface area contributed by atoms with Gasteiger partial charge in [-0.05, 0) is 42.8 Å². The quantitative estimate of drug-likeness (QED) is 0.565. The predicted molar refractivity (Wildman–Crippen MR) is 119 cm³/mol. The normalized spacial score (nSPS) is 15.2. The summed E-state index contributed by atoms with van der Waals surface area (Å²) in [7, 11) is -3.82. The Morgan fingerprint density at radius 1 is 1.09 bits per heavy atom. The smallest absolute Gasteiger partial charge is 0.257 e. The highest BCUT2D eigenvalue weighted by Crippen LogP contribution is 2.22. The van der Waals surface area contributed by atoms with Crippen LogP contribution in [-0.2, 0) is 16.4 Å². The first kappa shape index (κ1) is 22.4. The first-order chi connectivity index (χ1) is 15.3. The number of hydrogen-bond donors (Lipinski definition) is 0. The number of benzene rings is 2. The van der Waals surface area contributed by atoms with Crippen molar-refractivity contribution in [3.8, 4) is 5.69 Å². The van der Waals surface area contributed by atoms with Crippen LogP contribution in [0.2, 0.25) is 5.02 Å². The van der Waals surface area contributed by atoms with Crippen molar-refractivity contribution in [2.75, 3.05) is 26.2 Å². The standard InChI is InChI=1S/C22H22ClFN4O3S/c1-2-21-20(15-25-28(21)18-7-3-5-16(23)13-18)22(29)26-9-11-27(12-10-26)32(30,31)19-8-4-6-17(24)14-19/h3-8,13-15H,2,9-12H2,1H3. The highest BCUT2D eigenvalue weighted by molar-refractivity contribution is 7.89. The van der Waals surface area contributed by atoms with Gasteiger partial charge in [-0.3, -0.25) is 4.79 Å². The maximum Gasteiger partial charge on any atom is 0.257 e. The molecule has 0 radical (unpaired) electrons. The van der Waals surface area contributed by atoms with E-state index in [9.17, 15) is 17.6 Å². The van der Waals surface area contributed by atoms with E-state index in [1.54, 1.807) is 21.7 Å². The molecular formula is C22H22ClFN4O3S. The zero-order valence-corrected chi connectivity index (χ0v) is 19.0. The van der Waals surface area contributed by atoms with E-state index >= 15 is 0 Å². The zero-order valence-electron chi connectivity index (χ0n) is 17.4. The summed E-state index contributed by atoms with van der Waals surface area (Å²) in [6.07, 6.45) is 2.12. The Labute approximate surface area is 191 Å². The second-order valence-electron chi connectivity index (χ2n) is 7.40. The van der Waals surface area contributed by atoms with Crippen molar-refractivity contribution in [2.24, 2.45) is 0 Å². The molecule has 1 aromatic heterocycles. The lowest BCUT2D eigenvalue weighted by Gasteiger charge is -2.34. The summed E-state index contributed by atoms with van der Waals surface area (Å²) in [5, 5.41) is 4.96. The Hall–Kier alpha value is -2.75. The minimum Gasteiger partial charge on any atom is -0.336 e. The van der Waals surface area contributed by atoms with E-state index in [2.05, 4.69) is 5.10 Å². The number of amides is 1. The second kappa shape index (κ2) is 9.01. The van der Waals surface area contributed by atoms with E-state index in [0.717, 1.165) is 17.4 Å². The third kappa shape index (κ3) is 4.28. The molecule has 1 aliphatic rings. The van der Waals surface area contributed by atoms with Gasteiger partial charge in [0.2, 0.25) is 10.0 Å². The monoisotopic (exact) mass is 476 g/mol. The fraction of sp³-hybridized carbons (Fsp3) is 0.273. The first-order valence-corrected chi connectivity index (χ1v) is 12.0. The number of carbonyl (C=O) groups is 1. The number of carbonyl (C=O) groups excluding carboxylic acids is 1. The minimum absolute atomic E-state index is 0.0895. The molecule has 0 unspecified atom stereocenters. The molecule has 0 N–H and O–H groups in total. The topological polar surface area (TPSA) is 75.5 Å². The summed E-state index contributed by atoms with van der Waals surface area (Å²) in [5.74, 6) is -0.804. The Morgan fingerprint density at radius 3 is 2.47 bits per heavy atom. The van der Waals surface area contributed by atoms with E-state index in [1.165, 1.54) is 28.7 Å². The van der Waals surface area contributed by atoms with E-state index in [-0.39, 0.29) is 37.0 Å². The Bertz CT molecular complexity index is 1250. The van der Waals surface area contributed by atoms with Crippen molar-refractivity contribution in [3.63, 3.8) is 0 Å². The molecule has 0 aliphatic carbocycles. The lowest BCUT2D eigenvalue weighted by atomic mass is 10.1. The van der Waals surface area contributed by atoms with Gasteiger partial charge in [0, 0.05) is 31.2 Å². The number of hydrogen-bond acceptors (Lipinski definition) is 4. The molecule has 2 heterocycles. The van der Waals surface area contributed by atoms with Crippen molar-refractivity contribution in [3.05, 3.63) is 76.8 Å². The van der Waals surface area contributed by atoms with Gasteiger partial charge in [0.15, 0.2) is 0 Å². The van der Waals surface area contributed by atoms with Gasteiger partial charge >= 0.3 is 0 Å². The average Bonchev–Trinajstić information content (AvgIpc) is 3.23.